The zero-order chi connectivity index (χ0) is 13.9. The molecule has 0 bridgehead atoms. The molecule has 18 heavy (non-hydrogen) atoms. The summed E-state index contributed by atoms with van der Waals surface area (Å²) in [5.74, 6) is -0.343. The van der Waals surface area contributed by atoms with Gasteiger partial charge in [-0.1, -0.05) is 11.6 Å². The Balaban J connectivity index is 3.18. The van der Waals surface area contributed by atoms with Crippen LogP contribution in [0.25, 0.3) is 0 Å². The molecule has 0 saturated carbocycles. The van der Waals surface area contributed by atoms with Crippen molar-refractivity contribution < 1.29 is 19.1 Å². The first kappa shape index (κ1) is 14.3. The molecule has 1 amide bonds. The molecule has 0 aliphatic rings. The Bertz CT molecular complexity index is 485. The highest BCUT2D eigenvalue weighted by Gasteiger charge is 2.18. The van der Waals surface area contributed by atoms with Crippen LogP contribution in [0.4, 0.5) is 4.79 Å². The minimum absolute atomic E-state index is 0.165. The molecule has 0 unspecified atom stereocenters. The quantitative estimate of drug-likeness (QED) is 0.776. The zero-order valence-corrected chi connectivity index (χ0v) is 11.4. The van der Waals surface area contributed by atoms with E-state index in [2.05, 4.69) is 4.74 Å². The predicted octanol–water partition coefficient (Wildman–Crippen LogP) is 2.50. The van der Waals surface area contributed by atoms with Gasteiger partial charge in [-0.2, -0.15) is 0 Å². The summed E-state index contributed by atoms with van der Waals surface area (Å²) < 4.78 is 9.75. The Labute approximate surface area is 110 Å². The summed E-state index contributed by atoms with van der Waals surface area (Å²) in [6, 6.07) is 3.01. The smallest absolute Gasteiger partial charge is 0.414 e. The predicted molar refractivity (Wildman–Crippen MR) is 67.2 cm³/mol. The SMILES string of the molecule is COC(=O)c1ccc(Cl)c(OC(=O)N(C)C)c1C. The van der Waals surface area contributed by atoms with Crippen LogP contribution in [0.1, 0.15) is 15.9 Å². The normalized spacial score (nSPS) is 9.83. The van der Waals surface area contributed by atoms with Crippen molar-refractivity contribution >= 4 is 23.7 Å². The molecule has 0 heterocycles. The Morgan fingerprint density at radius 3 is 2.39 bits per heavy atom. The fourth-order valence-electron chi connectivity index (χ4n) is 1.29. The minimum Gasteiger partial charge on any atom is -0.465 e. The van der Waals surface area contributed by atoms with Gasteiger partial charge < -0.3 is 14.4 Å². The van der Waals surface area contributed by atoms with Gasteiger partial charge >= 0.3 is 12.1 Å². The van der Waals surface area contributed by atoms with E-state index in [0.717, 1.165) is 0 Å². The monoisotopic (exact) mass is 271 g/mol. The molecule has 5 nitrogen and oxygen atoms in total. The lowest BCUT2D eigenvalue weighted by atomic mass is 10.1. The lowest BCUT2D eigenvalue weighted by Crippen LogP contribution is -2.26. The number of benzene rings is 1. The van der Waals surface area contributed by atoms with Gasteiger partial charge in [0.05, 0.1) is 17.7 Å². The lowest BCUT2D eigenvalue weighted by Gasteiger charge is -2.15. The van der Waals surface area contributed by atoms with Crippen LogP contribution in [0.5, 0.6) is 5.75 Å². The Morgan fingerprint density at radius 1 is 1.28 bits per heavy atom. The van der Waals surface area contributed by atoms with Crippen LogP contribution >= 0.6 is 11.6 Å². The second-order valence-electron chi connectivity index (χ2n) is 3.80. The summed E-state index contributed by atoms with van der Waals surface area (Å²) in [6.07, 6.45) is -0.568. The summed E-state index contributed by atoms with van der Waals surface area (Å²) in [5.41, 5.74) is 0.771. The number of rotatable bonds is 2. The Kier molecular flexibility index (Phi) is 4.55. The van der Waals surface area contributed by atoms with E-state index < -0.39 is 12.1 Å². The van der Waals surface area contributed by atoms with Crippen LogP contribution < -0.4 is 4.74 Å². The summed E-state index contributed by atoms with van der Waals surface area (Å²) in [5, 5.41) is 0.260. The Hall–Kier alpha value is -1.75. The van der Waals surface area contributed by atoms with Gasteiger partial charge in [0.15, 0.2) is 5.75 Å². The van der Waals surface area contributed by atoms with Crippen molar-refractivity contribution in [3.05, 3.63) is 28.3 Å². The third-order valence-corrected chi connectivity index (χ3v) is 2.62. The van der Waals surface area contributed by atoms with Gasteiger partial charge in [0.25, 0.3) is 0 Å². The number of hydrogen-bond donors (Lipinski definition) is 0. The molecule has 0 fully saturated rings. The van der Waals surface area contributed by atoms with Crippen molar-refractivity contribution in [1.29, 1.82) is 0 Å². The maximum Gasteiger partial charge on any atom is 0.414 e. The number of halogens is 1. The lowest BCUT2D eigenvalue weighted by molar-refractivity contribution is 0.0599. The van der Waals surface area contributed by atoms with Crippen molar-refractivity contribution in [2.45, 2.75) is 6.92 Å². The van der Waals surface area contributed by atoms with Crippen molar-refractivity contribution in [1.82, 2.24) is 4.90 Å². The number of nitrogens with zero attached hydrogens (tertiary/aromatic N) is 1. The highest BCUT2D eigenvalue weighted by Crippen LogP contribution is 2.31. The van der Waals surface area contributed by atoms with Gasteiger partial charge in [0.2, 0.25) is 0 Å². The summed E-state index contributed by atoms with van der Waals surface area (Å²) in [6.45, 7) is 1.64. The van der Waals surface area contributed by atoms with Gasteiger partial charge in [0.1, 0.15) is 0 Å². The minimum atomic E-state index is -0.568. The molecule has 0 aromatic heterocycles. The average Bonchev–Trinajstić information content (AvgIpc) is 2.33. The first-order chi connectivity index (χ1) is 8.38. The molecule has 0 N–H and O–H groups in total. The number of carbonyl (C=O) groups is 2. The molecular formula is C12H14ClNO4. The highest BCUT2D eigenvalue weighted by atomic mass is 35.5. The topological polar surface area (TPSA) is 55.8 Å². The van der Waals surface area contributed by atoms with E-state index >= 15 is 0 Å². The number of ether oxygens (including phenoxy) is 2. The van der Waals surface area contributed by atoms with Gasteiger partial charge in [-0.3, -0.25) is 0 Å². The molecule has 1 aromatic rings. The zero-order valence-electron chi connectivity index (χ0n) is 10.6. The molecule has 0 aliphatic carbocycles. The first-order valence-electron chi connectivity index (χ1n) is 5.15. The highest BCUT2D eigenvalue weighted by molar-refractivity contribution is 6.32. The van der Waals surface area contributed by atoms with Crippen molar-refractivity contribution in [2.24, 2.45) is 0 Å². The van der Waals surface area contributed by atoms with E-state index in [4.69, 9.17) is 16.3 Å². The summed E-state index contributed by atoms with van der Waals surface area (Å²) in [7, 11) is 4.38. The number of carbonyl (C=O) groups excluding carboxylic acids is 2. The standard InChI is InChI=1S/C12H14ClNO4/c1-7-8(11(15)17-4)5-6-9(13)10(7)18-12(16)14(2)3/h5-6H,1-4H3. The van der Waals surface area contributed by atoms with Crippen LogP contribution in [0.3, 0.4) is 0 Å². The molecule has 0 radical (unpaired) electrons. The largest absolute Gasteiger partial charge is 0.465 e. The summed E-state index contributed by atoms with van der Waals surface area (Å²) in [4.78, 5) is 24.3. The number of hydrogen-bond acceptors (Lipinski definition) is 4. The fraction of sp³-hybridized carbons (Fsp3) is 0.333. The van der Waals surface area contributed by atoms with Gasteiger partial charge in [0, 0.05) is 19.7 Å². The van der Waals surface area contributed by atoms with E-state index in [1.54, 1.807) is 21.0 Å². The molecule has 6 heteroatoms. The van der Waals surface area contributed by atoms with E-state index in [9.17, 15) is 9.59 Å². The molecule has 0 aliphatic heterocycles. The van der Waals surface area contributed by atoms with Gasteiger partial charge in [-0.25, -0.2) is 9.59 Å². The van der Waals surface area contributed by atoms with E-state index in [-0.39, 0.29) is 10.8 Å². The number of amides is 1. The molecule has 0 spiro atoms. The maximum absolute atomic E-state index is 11.5. The van der Waals surface area contributed by atoms with Crippen molar-refractivity contribution in [3.63, 3.8) is 0 Å². The number of methoxy groups -OCH3 is 1. The van der Waals surface area contributed by atoms with E-state index in [1.165, 1.54) is 24.1 Å². The molecular weight excluding hydrogens is 258 g/mol. The molecule has 0 atom stereocenters. The van der Waals surface area contributed by atoms with Crippen LogP contribution in [-0.2, 0) is 4.74 Å². The number of esters is 1. The second kappa shape index (κ2) is 5.73. The van der Waals surface area contributed by atoms with Crippen LogP contribution in [0, 0.1) is 6.92 Å². The van der Waals surface area contributed by atoms with Gasteiger partial charge in [-0.15, -0.1) is 0 Å². The molecule has 98 valence electrons. The van der Waals surface area contributed by atoms with Crippen LogP contribution in [-0.4, -0.2) is 38.2 Å². The first-order valence-corrected chi connectivity index (χ1v) is 5.52. The van der Waals surface area contributed by atoms with E-state index in [0.29, 0.717) is 11.1 Å². The van der Waals surface area contributed by atoms with E-state index in [1.807, 2.05) is 0 Å². The van der Waals surface area contributed by atoms with Crippen LogP contribution in [0.15, 0.2) is 12.1 Å². The Morgan fingerprint density at radius 2 is 1.89 bits per heavy atom. The van der Waals surface area contributed by atoms with Crippen molar-refractivity contribution in [2.75, 3.05) is 21.2 Å². The fourth-order valence-corrected chi connectivity index (χ4v) is 1.54. The molecule has 1 rings (SSSR count). The van der Waals surface area contributed by atoms with Crippen LogP contribution in [0.2, 0.25) is 5.02 Å². The van der Waals surface area contributed by atoms with Gasteiger partial charge in [-0.05, 0) is 19.1 Å². The third kappa shape index (κ3) is 2.92. The molecule has 1 aromatic carbocycles. The molecule has 0 saturated heterocycles. The summed E-state index contributed by atoms with van der Waals surface area (Å²) >= 11 is 5.95. The van der Waals surface area contributed by atoms with Crippen molar-refractivity contribution in [3.8, 4) is 5.75 Å². The average molecular weight is 272 g/mol. The second-order valence-corrected chi connectivity index (χ2v) is 4.21. The third-order valence-electron chi connectivity index (χ3n) is 2.32. The maximum atomic E-state index is 11.5.